The van der Waals surface area contributed by atoms with Crippen molar-refractivity contribution in [2.75, 3.05) is 0 Å². The minimum atomic E-state index is 0.863. The molecule has 0 spiro atoms. The molecule has 0 aliphatic heterocycles. The molecule has 0 amide bonds. The van der Waals surface area contributed by atoms with Crippen molar-refractivity contribution in [3.8, 4) is 16.5 Å². The summed E-state index contributed by atoms with van der Waals surface area (Å²) < 4.78 is 4.06. The zero-order valence-corrected chi connectivity index (χ0v) is 11.6. The Balaban J connectivity index is 1.91. The number of hydrogen-bond donors (Lipinski definition) is 0. The van der Waals surface area contributed by atoms with Crippen LogP contribution in [0.15, 0.2) is 48.5 Å². The molecule has 6 heteroatoms. The maximum atomic E-state index is 4.41. The zero-order valence-electron chi connectivity index (χ0n) is 10.8. The molecule has 0 aliphatic carbocycles. The molecular formula is C14H11N5S. The second kappa shape index (κ2) is 4.28. The summed E-state index contributed by atoms with van der Waals surface area (Å²) in [5.41, 5.74) is 3.15. The van der Waals surface area contributed by atoms with Crippen molar-refractivity contribution in [1.29, 1.82) is 0 Å². The third-order valence-electron chi connectivity index (χ3n) is 3.25. The highest BCUT2D eigenvalue weighted by molar-refractivity contribution is 7.13. The number of hydrogen-bond acceptors (Lipinski definition) is 4. The van der Waals surface area contributed by atoms with Gasteiger partial charge in [0, 0.05) is 36.7 Å². The lowest BCUT2D eigenvalue weighted by Gasteiger charge is -2.06. The van der Waals surface area contributed by atoms with Gasteiger partial charge in [0.25, 0.3) is 0 Å². The smallest absolute Gasteiger partial charge is 0.173 e. The van der Waals surface area contributed by atoms with Crippen LogP contribution in [-0.2, 0) is 7.05 Å². The third-order valence-corrected chi connectivity index (χ3v) is 4.02. The third kappa shape index (κ3) is 1.65. The van der Waals surface area contributed by atoms with E-state index in [2.05, 4.69) is 21.0 Å². The fourth-order valence-electron chi connectivity index (χ4n) is 2.27. The van der Waals surface area contributed by atoms with Crippen LogP contribution in [0.5, 0.6) is 0 Å². The Labute approximate surface area is 119 Å². The molecule has 0 bridgehead atoms. The number of thiazole rings is 1. The van der Waals surface area contributed by atoms with Gasteiger partial charge in [-0.1, -0.05) is 0 Å². The van der Waals surface area contributed by atoms with E-state index in [1.54, 1.807) is 23.7 Å². The van der Waals surface area contributed by atoms with Crippen molar-refractivity contribution >= 4 is 22.4 Å². The van der Waals surface area contributed by atoms with E-state index in [4.69, 9.17) is 0 Å². The molecule has 1 aromatic carbocycles. The first-order chi connectivity index (χ1) is 9.83. The minimum absolute atomic E-state index is 0.863. The molecule has 0 fully saturated rings. The van der Waals surface area contributed by atoms with Gasteiger partial charge in [0.2, 0.25) is 0 Å². The molecule has 4 aromatic rings. The Hall–Kier alpha value is -2.47. The van der Waals surface area contributed by atoms with Gasteiger partial charge in [-0.3, -0.25) is 4.57 Å². The molecule has 0 aliphatic rings. The maximum Gasteiger partial charge on any atom is 0.173 e. The minimum Gasteiger partial charge on any atom is -0.334 e. The van der Waals surface area contributed by atoms with Crippen LogP contribution >= 0.6 is 11.3 Å². The Morgan fingerprint density at radius 2 is 2.05 bits per heavy atom. The lowest BCUT2D eigenvalue weighted by atomic mass is 10.2. The highest BCUT2D eigenvalue weighted by atomic mass is 32.1. The molecule has 0 radical (unpaired) electrons. The van der Waals surface area contributed by atoms with Gasteiger partial charge in [-0.15, -0.1) is 11.3 Å². The van der Waals surface area contributed by atoms with E-state index in [1.807, 2.05) is 46.2 Å². The molecule has 98 valence electrons. The Morgan fingerprint density at radius 3 is 2.90 bits per heavy atom. The second-order valence-corrected chi connectivity index (χ2v) is 5.38. The first-order valence-corrected chi connectivity index (χ1v) is 7.05. The van der Waals surface area contributed by atoms with Gasteiger partial charge in [-0.25, -0.2) is 15.0 Å². The maximum absolute atomic E-state index is 4.41. The fourth-order valence-corrected chi connectivity index (χ4v) is 2.90. The summed E-state index contributed by atoms with van der Waals surface area (Å²) in [6, 6.07) is 6.19. The molecule has 3 aromatic heterocycles. The van der Waals surface area contributed by atoms with Crippen LogP contribution in [0, 0.1) is 0 Å². The van der Waals surface area contributed by atoms with Crippen LogP contribution in [0.1, 0.15) is 0 Å². The van der Waals surface area contributed by atoms with E-state index in [-0.39, 0.29) is 0 Å². The van der Waals surface area contributed by atoms with Gasteiger partial charge in [-0.05, 0) is 18.2 Å². The molecule has 0 N–H and O–H groups in total. The topological polar surface area (TPSA) is 48.5 Å². The average Bonchev–Trinajstić information content (AvgIpc) is 3.18. The molecule has 0 unspecified atom stereocenters. The van der Waals surface area contributed by atoms with Gasteiger partial charge in [0.1, 0.15) is 0 Å². The van der Waals surface area contributed by atoms with Crippen LogP contribution in [0.4, 0.5) is 0 Å². The number of nitrogens with zero attached hydrogens (tertiary/aromatic N) is 5. The van der Waals surface area contributed by atoms with Crippen molar-refractivity contribution in [2.24, 2.45) is 7.05 Å². The van der Waals surface area contributed by atoms with E-state index in [0.29, 0.717) is 0 Å². The molecule has 3 heterocycles. The monoisotopic (exact) mass is 281 g/mol. The van der Waals surface area contributed by atoms with Crippen molar-refractivity contribution in [1.82, 2.24) is 24.1 Å². The van der Waals surface area contributed by atoms with Crippen molar-refractivity contribution in [3.05, 3.63) is 48.5 Å². The van der Waals surface area contributed by atoms with E-state index < -0.39 is 0 Å². The molecule has 0 saturated heterocycles. The molecule has 0 saturated carbocycles. The largest absolute Gasteiger partial charge is 0.334 e. The summed E-state index contributed by atoms with van der Waals surface area (Å²) >= 11 is 1.59. The van der Waals surface area contributed by atoms with E-state index in [1.165, 1.54) is 0 Å². The standard InChI is InChI=1S/C14H11N5S/c1-18-9-17-11-3-2-10(8-12(11)18)19-6-4-15-13(19)14-16-5-7-20-14/h2-9H,1H3. The zero-order chi connectivity index (χ0) is 13.5. The summed E-state index contributed by atoms with van der Waals surface area (Å²) in [4.78, 5) is 13.1. The van der Waals surface area contributed by atoms with Gasteiger partial charge >= 0.3 is 0 Å². The quantitative estimate of drug-likeness (QED) is 0.567. The fraction of sp³-hybridized carbons (Fsp3) is 0.0714. The Kier molecular flexibility index (Phi) is 2.43. The summed E-state index contributed by atoms with van der Waals surface area (Å²) in [7, 11) is 1.99. The lowest BCUT2D eigenvalue weighted by Crippen LogP contribution is -1.96. The number of imidazole rings is 2. The highest BCUT2D eigenvalue weighted by Gasteiger charge is 2.11. The number of benzene rings is 1. The summed E-state index contributed by atoms with van der Waals surface area (Å²) in [6.45, 7) is 0. The predicted octanol–water partition coefficient (Wildman–Crippen LogP) is 2.88. The molecule has 5 nitrogen and oxygen atoms in total. The first-order valence-electron chi connectivity index (χ1n) is 6.17. The highest BCUT2D eigenvalue weighted by Crippen LogP contribution is 2.24. The van der Waals surface area contributed by atoms with Gasteiger partial charge in [0.15, 0.2) is 10.8 Å². The summed E-state index contributed by atoms with van der Waals surface area (Å²) in [6.07, 6.45) is 7.37. The van der Waals surface area contributed by atoms with Crippen LogP contribution in [-0.4, -0.2) is 24.1 Å². The van der Waals surface area contributed by atoms with Gasteiger partial charge in [0.05, 0.1) is 17.4 Å². The van der Waals surface area contributed by atoms with E-state index in [0.717, 1.165) is 27.6 Å². The van der Waals surface area contributed by atoms with Crippen LogP contribution < -0.4 is 0 Å². The van der Waals surface area contributed by atoms with Crippen molar-refractivity contribution in [3.63, 3.8) is 0 Å². The van der Waals surface area contributed by atoms with Crippen molar-refractivity contribution in [2.45, 2.75) is 0 Å². The molecular weight excluding hydrogens is 270 g/mol. The summed E-state index contributed by atoms with van der Waals surface area (Å²) in [5, 5.41) is 2.87. The second-order valence-electron chi connectivity index (χ2n) is 4.49. The SMILES string of the molecule is Cn1cnc2ccc(-n3ccnc3-c3nccs3)cc21. The predicted molar refractivity (Wildman–Crippen MR) is 78.9 cm³/mol. The van der Waals surface area contributed by atoms with Gasteiger partial charge in [-0.2, -0.15) is 0 Å². The number of aryl methyl sites for hydroxylation is 1. The van der Waals surface area contributed by atoms with Crippen LogP contribution in [0.2, 0.25) is 0 Å². The van der Waals surface area contributed by atoms with E-state index >= 15 is 0 Å². The number of fused-ring (bicyclic) bond motifs is 1. The summed E-state index contributed by atoms with van der Waals surface area (Å²) in [5.74, 6) is 0.863. The first kappa shape index (κ1) is 11.4. The lowest BCUT2D eigenvalue weighted by molar-refractivity contribution is 0.945. The molecule has 4 rings (SSSR count). The number of aromatic nitrogens is 5. The molecule has 0 atom stereocenters. The number of rotatable bonds is 2. The van der Waals surface area contributed by atoms with Crippen LogP contribution in [0.3, 0.4) is 0 Å². The van der Waals surface area contributed by atoms with Crippen LogP contribution in [0.25, 0.3) is 27.6 Å². The Bertz CT molecular complexity index is 872. The van der Waals surface area contributed by atoms with Gasteiger partial charge < -0.3 is 4.57 Å². The average molecular weight is 281 g/mol. The Morgan fingerprint density at radius 1 is 1.10 bits per heavy atom. The van der Waals surface area contributed by atoms with Crippen molar-refractivity contribution < 1.29 is 0 Å². The van der Waals surface area contributed by atoms with E-state index in [9.17, 15) is 0 Å². The molecule has 20 heavy (non-hydrogen) atoms. The normalized spacial score (nSPS) is 11.2.